The molecule has 2 rings (SSSR count). The lowest BCUT2D eigenvalue weighted by Gasteiger charge is -2.08. The summed E-state index contributed by atoms with van der Waals surface area (Å²) in [6, 6.07) is 7.66. The molecular weight excluding hydrogens is 326 g/mol. The van der Waals surface area contributed by atoms with Gasteiger partial charge in [0.05, 0.1) is 25.7 Å². The second-order valence-corrected chi connectivity index (χ2v) is 6.67. The van der Waals surface area contributed by atoms with Gasteiger partial charge in [0.1, 0.15) is 10.8 Å². The fraction of sp³-hybridized carbons (Fsp3) is 0.333. The minimum Gasteiger partial charge on any atom is -0.493 e. The molecule has 2 aromatic rings. The first-order valence-electron chi connectivity index (χ1n) is 7.60. The number of carbonyl (C=O) groups is 2. The molecule has 0 aliphatic carbocycles. The van der Waals surface area contributed by atoms with Crippen molar-refractivity contribution in [2.45, 2.75) is 27.2 Å². The Morgan fingerprint density at radius 1 is 1.21 bits per heavy atom. The van der Waals surface area contributed by atoms with E-state index >= 15 is 0 Å². The van der Waals surface area contributed by atoms with E-state index in [0.717, 1.165) is 21.8 Å². The molecule has 1 N–H and O–H groups in total. The predicted octanol–water partition coefficient (Wildman–Crippen LogP) is 3.87. The summed E-state index contributed by atoms with van der Waals surface area (Å²) in [6.07, 6.45) is 0.199. The van der Waals surface area contributed by atoms with Crippen LogP contribution >= 0.6 is 11.3 Å². The molecule has 6 heteroatoms. The number of carbonyl (C=O) groups excluding carboxylic acids is 2. The summed E-state index contributed by atoms with van der Waals surface area (Å²) in [5.41, 5.74) is 2.36. The second-order valence-electron chi connectivity index (χ2n) is 5.44. The van der Waals surface area contributed by atoms with Gasteiger partial charge < -0.3 is 14.8 Å². The molecular formula is C18H21NO4S. The van der Waals surface area contributed by atoms with Crippen LogP contribution in [0.4, 0.5) is 5.00 Å². The lowest BCUT2D eigenvalue weighted by molar-refractivity contribution is -0.116. The average molecular weight is 347 g/mol. The van der Waals surface area contributed by atoms with Gasteiger partial charge in [-0.05, 0) is 44.0 Å². The topological polar surface area (TPSA) is 64.6 Å². The molecule has 128 valence electrons. The molecule has 0 aliphatic rings. The molecule has 24 heavy (non-hydrogen) atoms. The predicted molar refractivity (Wildman–Crippen MR) is 95.1 cm³/mol. The van der Waals surface area contributed by atoms with E-state index in [4.69, 9.17) is 9.47 Å². The third-order valence-corrected chi connectivity index (χ3v) is 4.74. The zero-order chi connectivity index (χ0) is 17.7. The van der Waals surface area contributed by atoms with Crippen molar-refractivity contribution in [3.63, 3.8) is 0 Å². The molecule has 5 nitrogen and oxygen atoms in total. The highest BCUT2D eigenvalue weighted by Gasteiger charge is 2.21. The highest BCUT2D eigenvalue weighted by molar-refractivity contribution is 7.16. The number of aryl methyl sites for hydroxylation is 2. The number of nitrogens with one attached hydrogen (secondary N) is 1. The molecule has 1 aromatic carbocycles. The molecule has 1 aromatic heterocycles. The normalized spacial score (nSPS) is 10.3. The Balaban J connectivity index is 1.95. The lowest BCUT2D eigenvalue weighted by Crippen LogP contribution is -2.16. The number of thiophene rings is 1. The molecule has 0 atom stereocenters. The standard InChI is InChI=1S/C18H21NO4S/c1-11-6-5-7-14(10-11)23-9-8-15(20)19-17-16(18(21)22-4)12(2)13(3)24-17/h5-7,10H,8-9H2,1-4H3,(H,19,20). The number of hydrogen-bond donors (Lipinski definition) is 1. The van der Waals surface area contributed by atoms with Gasteiger partial charge in [-0.15, -0.1) is 11.3 Å². The molecule has 0 aliphatic heterocycles. The highest BCUT2D eigenvalue weighted by Crippen LogP contribution is 2.33. The number of ether oxygens (including phenoxy) is 2. The first-order chi connectivity index (χ1) is 11.4. The number of benzene rings is 1. The summed E-state index contributed by atoms with van der Waals surface area (Å²) in [7, 11) is 1.33. The van der Waals surface area contributed by atoms with Crippen molar-refractivity contribution in [1.29, 1.82) is 0 Å². The Kier molecular flexibility index (Phi) is 5.98. The molecule has 1 amide bonds. The lowest BCUT2D eigenvalue weighted by atomic mass is 10.1. The van der Waals surface area contributed by atoms with Crippen LogP contribution in [-0.2, 0) is 9.53 Å². The van der Waals surface area contributed by atoms with Gasteiger partial charge in [-0.25, -0.2) is 4.79 Å². The number of methoxy groups -OCH3 is 1. The van der Waals surface area contributed by atoms with Crippen LogP contribution in [0.15, 0.2) is 24.3 Å². The van der Waals surface area contributed by atoms with Crippen molar-refractivity contribution in [3.05, 3.63) is 45.8 Å². The van der Waals surface area contributed by atoms with E-state index in [-0.39, 0.29) is 18.9 Å². The maximum Gasteiger partial charge on any atom is 0.341 e. The number of amides is 1. The van der Waals surface area contributed by atoms with Crippen molar-refractivity contribution in [1.82, 2.24) is 0 Å². The van der Waals surface area contributed by atoms with Crippen LogP contribution in [0.5, 0.6) is 5.75 Å². The number of anilines is 1. The van der Waals surface area contributed by atoms with Crippen LogP contribution in [0.1, 0.15) is 32.8 Å². The molecule has 0 unspecified atom stereocenters. The maximum atomic E-state index is 12.1. The van der Waals surface area contributed by atoms with Crippen LogP contribution in [0.3, 0.4) is 0 Å². The number of hydrogen-bond acceptors (Lipinski definition) is 5. The minimum absolute atomic E-state index is 0.199. The van der Waals surface area contributed by atoms with Crippen LogP contribution in [-0.4, -0.2) is 25.6 Å². The molecule has 1 heterocycles. The van der Waals surface area contributed by atoms with E-state index in [1.165, 1.54) is 18.4 Å². The summed E-state index contributed by atoms with van der Waals surface area (Å²) in [4.78, 5) is 25.0. The zero-order valence-electron chi connectivity index (χ0n) is 14.3. The Labute approximate surface area is 145 Å². The first-order valence-corrected chi connectivity index (χ1v) is 8.41. The fourth-order valence-electron chi connectivity index (χ4n) is 2.22. The van der Waals surface area contributed by atoms with Crippen LogP contribution < -0.4 is 10.1 Å². The third kappa shape index (κ3) is 4.35. The van der Waals surface area contributed by atoms with Crippen molar-refractivity contribution >= 4 is 28.2 Å². The van der Waals surface area contributed by atoms with Crippen LogP contribution in [0, 0.1) is 20.8 Å². The van der Waals surface area contributed by atoms with Crippen molar-refractivity contribution in [2.24, 2.45) is 0 Å². The fourth-order valence-corrected chi connectivity index (χ4v) is 3.28. The van der Waals surface area contributed by atoms with Crippen LogP contribution in [0.25, 0.3) is 0 Å². The second kappa shape index (κ2) is 7.97. The largest absolute Gasteiger partial charge is 0.493 e. The summed E-state index contributed by atoms with van der Waals surface area (Å²) in [5, 5.41) is 3.31. The third-order valence-electron chi connectivity index (χ3n) is 3.62. The van der Waals surface area contributed by atoms with E-state index in [0.29, 0.717) is 10.6 Å². The van der Waals surface area contributed by atoms with E-state index in [2.05, 4.69) is 5.32 Å². The molecule has 0 bridgehead atoms. The molecule has 0 saturated carbocycles. The Morgan fingerprint density at radius 2 is 1.96 bits per heavy atom. The smallest absolute Gasteiger partial charge is 0.341 e. The van der Waals surface area contributed by atoms with E-state index in [1.54, 1.807) is 0 Å². The summed E-state index contributed by atoms with van der Waals surface area (Å²) < 4.78 is 10.4. The van der Waals surface area contributed by atoms with Gasteiger partial charge in [-0.2, -0.15) is 0 Å². The molecule has 0 saturated heterocycles. The van der Waals surface area contributed by atoms with Crippen LogP contribution in [0.2, 0.25) is 0 Å². The zero-order valence-corrected chi connectivity index (χ0v) is 15.1. The van der Waals surface area contributed by atoms with E-state index in [1.807, 2.05) is 45.0 Å². The molecule has 0 fully saturated rings. The SMILES string of the molecule is COC(=O)c1c(NC(=O)CCOc2cccc(C)c2)sc(C)c1C. The minimum atomic E-state index is -0.442. The van der Waals surface area contributed by atoms with Gasteiger partial charge in [-0.3, -0.25) is 4.79 Å². The summed E-state index contributed by atoms with van der Waals surface area (Å²) in [5.74, 6) is 0.0954. The highest BCUT2D eigenvalue weighted by atomic mass is 32.1. The van der Waals surface area contributed by atoms with E-state index in [9.17, 15) is 9.59 Å². The number of esters is 1. The quantitative estimate of drug-likeness (QED) is 0.806. The first kappa shape index (κ1) is 18.0. The average Bonchev–Trinajstić information content (AvgIpc) is 2.81. The Hall–Kier alpha value is -2.34. The van der Waals surface area contributed by atoms with E-state index < -0.39 is 5.97 Å². The van der Waals surface area contributed by atoms with Gasteiger partial charge in [0.15, 0.2) is 0 Å². The molecule has 0 spiro atoms. The van der Waals surface area contributed by atoms with Gasteiger partial charge in [0.25, 0.3) is 0 Å². The Morgan fingerprint density at radius 3 is 2.62 bits per heavy atom. The van der Waals surface area contributed by atoms with Gasteiger partial charge in [-0.1, -0.05) is 12.1 Å². The van der Waals surface area contributed by atoms with Gasteiger partial charge in [0.2, 0.25) is 5.91 Å². The maximum absolute atomic E-state index is 12.1. The van der Waals surface area contributed by atoms with Gasteiger partial charge >= 0.3 is 5.97 Å². The molecule has 0 radical (unpaired) electrons. The van der Waals surface area contributed by atoms with Gasteiger partial charge in [0, 0.05) is 4.88 Å². The summed E-state index contributed by atoms with van der Waals surface area (Å²) in [6.45, 7) is 6.00. The number of rotatable bonds is 6. The van der Waals surface area contributed by atoms with Crippen molar-refractivity contribution < 1.29 is 19.1 Å². The van der Waals surface area contributed by atoms with Crippen molar-refractivity contribution in [2.75, 3.05) is 19.0 Å². The summed E-state index contributed by atoms with van der Waals surface area (Å²) >= 11 is 1.37. The monoisotopic (exact) mass is 347 g/mol. The Bertz CT molecular complexity index is 751. The van der Waals surface area contributed by atoms with Crippen molar-refractivity contribution in [3.8, 4) is 5.75 Å².